The van der Waals surface area contributed by atoms with Gasteiger partial charge in [-0.15, -0.1) is 5.10 Å². The third-order valence-electron chi connectivity index (χ3n) is 3.65. The Morgan fingerprint density at radius 1 is 1.50 bits per heavy atom. The maximum absolute atomic E-state index is 13.9. The number of nitrogens with zero attached hydrogens (tertiary/aromatic N) is 4. The van der Waals surface area contributed by atoms with Crippen molar-refractivity contribution in [3.63, 3.8) is 0 Å². The van der Waals surface area contributed by atoms with Crippen LogP contribution in [0.5, 0.6) is 0 Å². The molecule has 1 N–H and O–H groups in total. The van der Waals surface area contributed by atoms with Crippen LogP contribution in [-0.2, 0) is 11.3 Å². The maximum atomic E-state index is 13.9. The number of hydrogen-bond donors (Lipinski definition) is 1. The fourth-order valence-corrected chi connectivity index (χ4v) is 2.19. The van der Waals surface area contributed by atoms with Crippen LogP contribution in [0.1, 0.15) is 18.4 Å². The number of tetrazole rings is 1. The number of carboxylic acid groups (broad SMARTS) is 1. The van der Waals surface area contributed by atoms with Gasteiger partial charge >= 0.3 is 5.97 Å². The summed E-state index contributed by atoms with van der Waals surface area (Å²) < 4.78 is 15.3. The Kier molecular flexibility index (Phi) is 2.77. The Morgan fingerprint density at radius 3 is 2.90 bits per heavy atom. The molecule has 0 aliphatic heterocycles. The van der Waals surface area contributed by atoms with E-state index >= 15 is 0 Å². The summed E-state index contributed by atoms with van der Waals surface area (Å²) in [6, 6.07) is 4.66. The summed E-state index contributed by atoms with van der Waals surface area (Å²) in [5.74, 6) is -1.02. The number of aromatic nitrogens is 4. The van der Waals surface area contributed by atoms with E-state index in [1.165, 1.54) is 10.7 Å². The molecule has 2 aromatic rings. The van der Waals surface area contributed by atoms with Gasteiger partial charge in [-0.05, 0) is 42.3 Å². The van der Waals surface area contributed by atoms with Crippen LogP contribution in [0, 0.1) is 18.2 Å². The van der Waals surface area contributed by atoms with E-state index in [0.29, 0.717) is 12.8 Å². The lowest BCUT2D eigenvalue weighted by Crippen LogP contribution is -2.22. The summed E-state index contributed by atoms with van der Waals surface area (Å²) in [6.45, 7) is 2.01. The molecule has 0 saturated heterocycles. The first-order valence-electron chi connectivity index (χ1n) is 6.28. The second-order valence-electron chi connectivity index (χ2n) is 5.23. The van der Waals surface area contributed by atoms with Crippen molar-refractivity contribution in [2.24, 2.45) is 5.41 Å². The van der Waals surface area contributed by atoms with Crippen molar-refractivity contribution in [2.45, 2.75) is 26.3 Å². The average Bonchev–Trinajstić information content (AvgIpc) is 3.05. The maximum Gasteiger partial charge on any atom is 0.311 e. The van der Waals surface area contributed by atoms with Gasteiger partial charge in [-0.25, -0.2) is 9.07 Å². The minimum atomic E-state index is -0.858. The van der Waals surface area contributed by atoms with Gasteiger partial charge < -0.3 is 5.11 Å². The molecule has 0 bridgehead atoms. The SMILES string of the molecule is Cc1ccc(F)c(-c2nnnn2CC2(C(=O)O)CC2)c1. The van der Waals surface area contributed by atoms with Crippen molar-refractivity contribution >= 4 is 5.97 Å². The van der Waals surface area contributed by atoms with Crippen LogP contribution < -0.4 is 0 Å². The molecule has 3 rings (SSSR count). The van der Waals surface area contributed by atoms with Crippen LogP contribution in [0.25, 0.3) is 11.4 Å². The molecule has 1 aliphatic carbocycles. The first-order chi connectivity index (χ1) is 9.52. The van der Waals surface area contributed by atoms with Crippen molar-refractivity contribution in [2.75, 3.05) is 0 Å². The summed E-state index contributed by atoms with van der Waals surface area (Å²) in [5, 5.41) is 20.4. The molecular weight excluding hydrogens is 263 g/mol. The lowest BCUT2D eigenvalue weighted by atomic mass is 10.1. The minimum absolute atomic E-state index is 0.165. The van der Waals surface area contributed by atoms with Crippen LogP contribution in [0.4, 0.5) is 4.39 Å². The number of benzene rings is 1. The van der Waals surface area contributed by atoms with E-state index in [1.54, 1.807) is 12.1 Å². The summed E-state index contributed by atoms with van der Waals surface area (Å²) in [4.78, 5) is 11.2. The number of carbonyl (C=O) groups is 1. The standard InChI is InChI=1S/C13H13FN4O2/c1-8-2-3-10(14)9(6-8)11-15-16-17-18(11)7-13(4-5-13)12(19)20/h2-3,6H,4-5,7H2,1H3,(H,19,20). The first-order valence-corrected chi connectivity index (χ1v) is 6.28. The Balaban J connectivity index is 1.98. The Labute approximate surface area is 114 Å². The highest BCUT2D eigenvalue weighted by atomic mass is 19.1. The fourth-order valence-electron chi connectivity index (χ4n) is 2.19. The van der Waals surface area contributed by atoms with E-state index < -0.39 is 17.2 Å². The van der Waals surface area contributed by atoms with Crippen molar-refractivity contribution in [1.29, 1.82) is 0 Å². The predicted octanol–water partition coefficient (Wildman–Crippen LogP) is 1.65. The summed E-state index contributed by atoms with van der Waals surface area (Å²) in [5.41, 5.74) is 0.372. The second-order valence-corrected chi connectivity index (χ2v) is 5.23. The molecule has 0 atom stereocenters. The van der Waals surface area contributed by atoms with Gasteiger partial charge in [0.1, 0.15) is 5.82 Å². The number of halogens is 1. The summed E-state index contributed by atoms with van der Waals surface area (Å²) in [7, 11) is 0. The second kappa shape index (κ2) is 4.36. The normalized spacial score (nSPS) is 16.1. The third-order valence-corrected chi connectivity index (χ3v) is 3.65. The van der Waals surface area contributed by atoms with E-state index in [9.17, 15) is 14.3 Å². The van der Waals surface area contributed by atoms with Crippen LogP contribution in [0.15, 0.2) is 18.2 Å². The van der Waals surface area contributed by atoms with E-state index in [2.05, 4.69) is 15.5 Å². The molecule has 1 fully saturated rings. The van der Waals surface area contributed by atoms with Crippen LogP contribution in [0.3, 0.4) is 0 Å². The van der Waals surface area contributed by atoms with Crippen molar-refractivity contribution < 1.29 is 14.3 Å². The zero-order valence-corrected chi connectivity index (χ0v) is 10.9. The topological polar surface area (TPSA) is 80.9 Å². The molecule has 1 saturated carbocycles. The molecule has 0 radical (unpaired) electrons. The molecule has 1 aromatic heterocycles. The Morgan fingerprint density at radius 2 is 2.25 bits per heavy atom. The van der Waals surface area contributed by atoms with Crippen LogP contribution >= 0.6 is 0 Å². The van der Waals surface area contributed by atoms with Gasteiger partial charge in [0.15, 0.2) is 5.82 Å². The number of carboxylic acids is 1. The molecule has 1 aromatic carbocycles. The van der Waals surface area contributed by atoms with E-state index in [4.69, 9.17) is 0 Å². The predicted molar refractivity (Wildman–Crippen MR) is 67.3 cm³/mol. The van der Waals surface area contributed by atoms with Gasteiger partial charge in [0.05, 0.1) is 17.5 Å². The minimum Gasteiger partial charge on any atom is -0.481 e. The van der Waals surface area contributed by atoms with Crippen molar-refractivity contribution in [3.8, 4) is 11.4 Å². The van der Waals surface area contributed by atoms with Gasteiger partial charge in [-0.1, -0.05) is 11.6 Å². The van der Waals surface area contributed by atoms with Gasteiger partial charge in [0.25, 0.3) is 0 Å². The summed E-state index contributed by atoms with van der Waals surface area (Å²) in [6.07, 6.45) is 1.19. The number of hydrogen-bond acceptors (Lipinski definition) is 4. The molecule has 0 spiro atoms. The Bertz CT molecular complexity index is 679. The molecule has 1 heterocycles. The quantitative estimate of drug-likeness (QED) is 0.918. The monoisotopic (exact) mass is 276 g/mol. The highest BCUT2D eigenvalue weighted by molar-refractivity contribution is 5.77. The molecule has 6 nitrogen and oxygen atoms in total. The highest BCUT2D eigenvalue weighted by Gasteiger charge is 2.51. The molecule has 20 heavy (non-hydrogen) atoms. The average molecular weight is 276 g/mol. The molecule has 7 heteroatoms. The zero-order valence-electron chi connectivity index (χ0n) is 10.9. The lowest BCUT2D eigenvalue weighted by Gasteiger charge is -2.11. The lowest BCUT2D eigenvalue weighted by molar-refractivity contribution is -0.144. The van der Waals surface area contributed by atoms with Crippen molar-refractivity contribution in [1.82, 2.24) is 20.2 Å². The van der Waals surface area contributed by atoms with Gasteiger partial charge in [-0.3, -0.25) is 4.79 Å². The molecule has 104 valence electrons. The highest BCUT2D eigenvalue weighted by Crippen LogP contribution is 2.47. The van der Waals surface area contributed by atoms with Crippen LogP contribution in [-0.4, -0.2) is 31.3 Å². The van der Waals surface area contributed by atoms with Gasteiger partial charge in [0, 0.05) is 0 Å². The van der Waals surface area contributed by atoms with E-state index in [-0.39, 0.29) is 17.9 Å². The Hall–Kier alpha value is -2.31. The number of aryl methyl sites for hydroxylation is 1. The van der Waals surface area contributed by atoms with E-state index in [0.717, 1.165) is 5.56 Å². The van der Waals surface area contributed by atoms with Crippen molar-refractivity contribution in [3.05, 3.63) is 29.6 Å². The van der Waals surface area contributed by atoms with Crippen LogP contribution in [0.2, 0.25) is 0 Å². The number of rotatable bonds is 4. The molecule has 0 amide bonds. The molecular formula is C13H13FN4O2. The van der Waals surface area contributed by atoms with Gasteiger partial charge in [-0.2, -0.15) is 0 Å². The van der Waals surface area contributed by atoms with E-state index in [1.807, 2.05) is 6.92 Å². The first kappa shape index (κ1) is 12.7. The fraction of sp³-hybridized carbons (Fsp3) is 0.385. The largest absolute Gasteiger partial charge is 0.481 e. The smallest absolute Gasteiger partial charge is 0.311 e. The molecule has 1 aliphatic rings. The number of aliphatic carboxylic acids is 1. The summed E-state index contributed by atoms with van der Waals surface area (Å²) >= 11 is 0. The zero-order chi connectivity index (χ0) is 14.3. The molecule has 0 unspecified atom stereocenters. The third kappa shape index (κ3) is 2.04. The van der Waals surface area contributed by atoms with Gasteiger partial charge in [0.2, 0.25) is 0 Å².